The number of fused-ring (bicyclic) bond motifs is 1. The van der Waals surface area contributed by atoms with E-state index in [-0.39, 0.29) is 5.56 Å². The van der Waals surface area contributed by atoms with Gasteiger partial charge in [0.1, 0.15) is 10.7 Å². The van der Waals surface area contributed by atoms with E-state index in [9.17, 15) is 4.79 Å². The molecule has 4 rings (SSSR count). The minimum absolute atomic E-state index is 0.0284. The molecule has 1 aliphatic rings. The first-order valence-corrected chi connectivity index (χ1v) is 10.4. The maximum atomic E-state index is 12.8. The van der Waals surface area contributed by atoms with E-state index in [2.05, 4.69) is 16.9 Å². The number of H-pyrrole nitrogens is 1. The van der Waals surface area contributed by atoms with Crippen molar-refractivity contribution in [1.29, 1.82) is 0 Å². The van der Waals surface area contributed by atoms with Crippen molar-refractivity contribution in [3.8, 4) is 11.1 Å². The SMILES string of the molecule is CN(Cc1nc2scc(-c3ccccc3)c2c(=O)[nH]1)C1CCCCCC1. The van der Waals surface area contributed by atoms with E-state index < -0.39 is 0 Å². The molecule has 4 nitrogen and oxygen atoms in total. The lowest BCUT2D eigenvalue weighted by atomic mass is 10.1. The topological polar surface area (TPSA) is 49.0 Å². The van der Waals surface area contributed by atoms with Crippen LogP contribution < -0.4 is 5.56 Å². The highest BCUT2D eigenvalue weighted by molar-refractivity contribution is 7.17. The number of aromatic amines is 1. The molecule has 1 aliphatic carbocycles. The number of benzene rings is 1. The summed E-state index contributed by atoms with van der Waals surface area (Å²) in [7, 11) is 2.16. The lowest BCUT2D eigenvalue weighted by Crippen LogP contribution is -2.32. The van der Waals surface area contributed by atoms with Crippen molar-refractivity contribution in [3.05, 3.63) is 51.9 Å². The fourth-order valence-electron chi connectivity index (χ4n) is 3.96. The van der Waals surface area contributed by atoms with Gasteiger partial charge in [-0.2, -0.15) is 0 Å². The van der Waals surface area contributed by atoms with Gasteiger partial charge in [0.2, 0.25) is 0 Å². The molecule has 1 fully saturated rings. The van der Waals surface area contributed by atoms with Crippen molar-refractivity contribution in [2.75, 3.05) is 7.05 Å². The third kappa shape index (κ3) is 3.60. The van der Waals surface area contributed by atoms with E-state index in [1.54, 1.807) is 11.3 Å². The smallest absolute Gasteiger partial charge is 0.260 e. The second-order valence-corrected chi connectivity index (χ2v) is 8.13. The Balaban J connectivity index is 1.61. The van der Waals surface area contributed by atoms with Crippen LogP contribution in [0.1, 0.15) is 44.3 Å². The molecule has 0 spiro atoms. The van der Waals surface area contributed by atoms with Crippen LogP contribution >= 0.6 is 11.3 Å². The van der Waals surface area contributed by atoms with Crippen LogP contribution in [0.25, 0.3) is 21.3 Å². The summed E-state index contributed by atoms with van der Waals surface area (Å²) >= 11 is 1.55. The van der Waals surface area contributed by atoms with Crippen molar-refractivity contribution in [1.82, 2.24) is 14.9 Å². The van der Waals surface area contributed by atoms with Crippen LogP contribution in [-0.2, 0) is 6.54 Å². The van der Waals surface area contributed by atoms with E-state index in [0.717, 1.165) is 21.8 Å². The maximum absolute atomic E-state index is 12.8. The van der Waals surface area contributed by atoms with Gasteiger partial charge in [0, 0.05) is 17.0 Å². The summed E-state index contributed by atoms with van der Waals surface area (Å²) in [6, 6.07) is 10.7. The Kier molecular flexibility index (Phi) is 5.18. The van der Waals surface area contributed by atoms with Crippen LogP contribution in [0.15, 0.2) is 40.5 Å². The quantitative estimate of drug-likeness (QED) is 0.674. The Hall–Kier alpha value is -1.98. The van der Waals surface area contributed by atoms with Gasteiger partial charge < -0.3 is 4.98 Å². The largest absolute Gasteiger partial charge is 0.309 e. The number of nitrogens with one attached hydrogen (secondary N) is 1. The summed E-state index contributed by atoms with van der Waals surface area (Å²) in [6.07, 6.45) is 7.82. The molecule has 0 atom stereocenters. The average Bonchev–Trinajstić information content (AvgIpc) is 2.89. The van der Waals surface area contributed by atoms with Crippen LogP contribution in [0, 0.1) is 0 Å². The highest BCUT2D eigenvalue weighted by Gasteiger charge is 2.19. The first-order valence-electron chi connectivity index (χ1n) is 9.48. The zero-order chi connectivity index (χ0) is 17.9. The second-order valence-electron chi connectivity index (χ2n) is 7.27. The standard InChI is InChI=1S/C21H25N3OS/c1-24(16-11-7-2-3-8-12-16)13-18-22-20(25)19-17(14-26-21(19)23-18)15-9-5-4-6-10-15/h4-6,9-10,14,16H,2-3,7-8,11-13H2,1H3,(H,22,23,25). The van der Waals surface area contributed by atoms with Gasteiger partial charge in [-0.3, -0.25) is 9.69 Å². The average molecular weight is 368 g/mol. The number of rotatable bonds is 4. The molecule has 5 heteroatoms. The summed E-state index contributed by atoms with van der Waals surface area (Å²) < 4.78 is 0. The Morgan fingerprint density at radius 2 is 1.88 bits per heavy atom. The van der Waals surface area contributed by atoms with Crippen molar-refractivity contribution in [3.63, 3.8) is 0 Å². The molecule has 1 saturated carbocycles. The number of aromatic nitrogens is 2. The van der Waals surface area contributed by atoms with Crippen molar-refractivity contribution >= 4 is 21.6 Å². The minimum Gasteiger partial charge on any atom is -0.309 e. The van der Waals surface area contributed by atoms with Gasteiger partial charge in [0.15, 0.2) is 0 Å². The normalized spacial score (nSPS) is 16.2. The van der Waals surface area contributed by atoms with Crippen molar-refractivity contribution in [2.24, 2.45) is 0 Å². The summed E-state index contributed by atoms with van der Waals surface area (Å²) in [4.78, 5) is 23.7. The molecule has 0 bridgehead atoms. The Morgan fingerprint density at radius 3 is 2.62 bits per heavy atom. The highest BCUT2D eigenvalue weighted by Crippen LogP contribution is 2.30. The fourth-order valence-corrected chi connectivity index (χ4v) is 4.93. The van der Waals surface area contributed by atoms with Gasteiger partial charge in [-0.05, 0) is 25.5 Å². The Morgan fingerprint density at radius 1 is 1.15 bits per heavy atom. The summed E-state index contributed by atoms with van der Waals surface area (Å²) in [6.45, 7) is 0.703. The van der Waals surface area contributed by atoms with Gasteiger partial charge in [-0.1, -0.05) is 56.0 Å². The van der Waals surface area contributed by atoms with Crippen LogP contribution in [0.5, 0.6) is 0 Å². The number of hydrogen-bond acceptors (Lipinski definition) is 4. The lowest BCUT2D eigenvalue weighted by Gasteiger charge is -2.26. The predicted octanol–water partition coefficient (Wildman–Crippen LogP) is 4.81. The molecular formula is C21H25N3OS. The molecule has 3 aromatic rings. The van der Waals surface area contributed by atoms with E-state index >= 15 is 0 Å². The third-order valence-electron chi connectivity index (χ3n) is 5.43. The van der Waals surface area contributed by atoms with Crippen LogP contribution in [0.3, 0.4) is 0 Å². The van der Waals surface area contributed by atoms with E-state index in [1.165, 1.54) is 38.5 Å². The van der Waals surface area contributed by atoms with E-state index in [1.807, 2.05) is 35.7 Å². The minimum atomic E-state index is -0.0284. The van der Waals surface area contributed by atoms with Gasteiger partial charge in [0.05, 0.1) is 11.9 Å². The highest BCUT2D eigenvalue weighted by atomic mass is 32.1. The molecule has 0 saturated heterocycles. The van der Waals surface area contributed by atoms with Crippen molar-refractivity contribution < 1.29 is 0 Å². The monoisotopic (exact) mass is 367 g/mol. The molecule has 1 aromatic carbocycles. The molecule has 26 heavy (non-hydrogen) atoms. The number of nitrogens with zero attached hydrogens (tertiary/aromatic N) is 2. The second kappa shape index (κ2) is 7.72. The molecular weight excluding hydrogens is 342 g/mol. The summed E-state index contributed by atoms with van der Waals surface area (Å²) in [5.74, 6) is 0.774. The van der Waals surface area contributed by atoms with Gasteiger partial charge in [-0.15, -0.1) is 11.3 Å². The van der Waals surface area contributed by atoms with Gasteiger partial charge in [-0.25, -0.2) is 4.98 Å². The van der Waals surface area contributed by atoms with E-state index in [4.69, 9.17) is 4.98 Å². The molecule has 136 valence electrons. The zero-order valence-electron chi connectivity index (χ0n) is 15.2. The zero-order valence-corrected chi connectivity index (χ0v) is 16.0. The molecule has 0 radical (unpaired) electrons. The van der Waals surface area contributed by atoms with Crippen LogP contribution in [0.4, 0.5) is 0 Å². The Labute approximate surface area is 157 Å². The third-order valence-corrected chi connectivity index (χ3v) is 6.30. The first kappa shape index (κ1) is 17.4. The Bertz CT molecular complexity index is 923. The van der Waals surface area contributed by atoms with Gasteiger partial charge in [0.25, 0.3) is 5.56 Å². The molecule has 0 aliphatic heterocycles. The number of hydrogen-bond donors (Lipinski definition) is 1. The van der Waals surface area contributed by atoms with Gasteiger partial charge >= 0.3 is 0 Å². The molecule has 2 aromatic heterocycles. The van der Waals surface area contributed by atoms with Crippen LogP contribution in [-0.4, -0.2) is 28.0 Å². The summed E-state index contributed by atoms with van der Waals surface area (Å²) in [5, 5.41) is 2.75. The van der Waals surface area contributed by atoms with Crippen molar-refractivity contribution in [2.45, 2.75) is 51.1 Å². The first-order chi connectivity index (χ1) is 12.7. The van der Waals surface area contributed by atoms with E-state index in [0.29, 0.717) is 18.0 Å². The molecule has 0 amide bonds. The molecule has 2 heterocycles. The summed E-state index contributed by atoms with van der Waals surface area (Å²) in [5.41, 5.74) is 2.01. The fraction of sp³-hybridized carbons (Fsp3) is 0.429. The molecule has 1 N–H and O–H groups in total. The lowest BCUT2D eigenvalue weighted by molar-refractivity contribution is 0.208. The molecule has 0 unspecified atom stereocenters. The van der Waals surface area contributed by atoms with Crippen LogP contribution in [0.2, 0.25) is 0 Å². The predicted molar refractivity (Wildman–Crippen MR) is 109 cm³/mol. The maximum Gasteiger partial charge on any atom is 0.260 e. The number of thiophene rings is 1.